The highest BCUT2D eigenvalue weighted by Gasteiger charge is 2.35. The number of piperidine rings is 1. The maximum Gasteiger partial charge on any atom is 0.227 e. The van der Waals surface area contributed by atoms with Crippen molar-refractivity contribution in [1.29, 1.82) is 0 Å². The first-order chi connectivity index (χ1) is 11.1. The number of benzene rings is 1. The number of hydrogen-bond donors (Lipinski definition) is 2. The van der Waals surface area contributed by atoms with Crippen LogP contribution < -0.4 is 15.5 Å². The third kappa shape index (κ3) is 3.85. The molecule has 2 atom stereocenters. The molecule has 2 saturated heterocycles. The van der Waals surface area contributed by atoms with Crippen LogP contribution in [-0.2, 0) is 9.59 Å². The van der Waals surface area contributed by atoms with Gasteiger partial charge in [0.15, 0.2) is 0 Å². The SMILES string of the molecule is O=C(NCC1CCCNC1)C1CC(=O)N(c2ccccc2Cl)C1. The van der Waals surface area contributed by atoms with Gasteiger partial charge in [-0.05, 0) is 44.0 Å². The minimum atomic E-state index is -0.296. The lowest BCUT2D eigenvalue weighted by atomic mass is 9.99. The first-order valence-corrected chi connectivity index (χ1v) is 8.56. The molecule has 0 spiro atoms. The molecule has 1 aromatic rings. The van der Waals surface area contributed by atoms with Crippen LogP contribution >= 0.6 is 11.6 Å². The van der Waals surface area contributed by atoms with Crippen molar-refractivity contribution in [3.63, 3.8) is 0 Å². The summed E-state index contributed by atoms with van der Waals surface area (Å²) < 4.78 is 0. The summed E-state index contributed by atoms with van der Waals surface area (Å²) in [6, 6.07) is 7.24. The molecule has 2 heterocycles. The van der Waals surface area contributed by atoms with Crippen LogP contribution in [0.3, 0.4) is 0 Å². The largest absolute Gasteiger partial charge is 0.355 e. The Morgan fingerprint density at radius 2 is 2.22 bits per heavy atom. The fourth-order valence-corrected chi connectivity index (χ4v) is 3.51. The molecule has 0 saturated carbocycles. The molecule has 2 unspecified atom stereocenters. The van der Waals surface area contributed by atoms with Crippen LogP contribution in [0.25, 0.3) is 0 Å². The van der Waals surface area contributed by atoms with Crippen LogP contribution in [0.1, 0.15) is 19.3 Å². The number of carbonyl (C=O) groups excluding carboxylic acids is 2. The van der Waals surface area contributed by atoms with Crippen LogP contribution in [0.2, 0.25) is 5.02 Å². The van der Waals surface area contributed by atoms with Gasteiger partial charge in [0, 0.05) is 19.5 Å². The zero-order chi connectivity index (χ0) is 16.2. The van der Waals surface area contributed by atoms with Crippen LogP contribution in [0.4, 0.5) is 5.69 Å². The van der Waals surface area contributed by atoms with Gasteiger partial charge in [-0.1, -0.05) is 23.7 Å². The van der Waals surface area contributed by atoms with E-state index in [2.05, 4.69) is 10.6 Å². The van der Waals surface area contributed by atoms with Crippen molar-refractivity contribution in [2.75, 3.05) is 31.1 Å². The summed E-state index contributed by atoms with van der Waals surface area (Å²) in [4.78, 5) is 26.2. The average Bonchev–Trinajstić information content (AvgIpc) is 2.96. The summed E-state index contributed by atoms with van der Waals surface area (Å²) >= 11 is 6.16. The average molecular weight is 336 g/mol. The van der Waals surface area contributed by atoms with E-state index < -0.39 is 0 Å². The van der Waals surface area contributed by atoms with Crippen molar-refractivity contribution in [3.05, 3.63) is 29.3 Å². The van der Waals surface area contributed by atoms with Crippen LogP contribution in [-0.4, -0.2) is 38.0 Å². The number of rotatable bonds is 4. The fourth-order valence-electron chi connectivity index (χ4n) is 3.27. The second kappa shape index (κ2) is 7.32. The van der Waals surface area contributed by atoms with Gasteiger partial charge >= 0.3 is 0 Å². The second-order valence-corrected chi connectivity index (χ2v) is 6.72. The first-order valence-electron chi connectivity index (χ1n) is 8.18. The zero-order valence-corrected chi connectivity index (χ0v) is 13.8. The molecule has 6 heteroatoms. The van der Waals surface area contributed by atoms with Crippen molar-refractivity contribution in [3.8, 4) is 0 Å². The number of halogens is 1. The van der Waals surface area contributed by atoms with Gasteiger partial charge in [0.05, 0.1) is 16.6 Å². The molecular formula is C17H22ClN3O2. The summed E-state index contributed by atoms with van der Waals surface area (Å²) in [7, 11) is 0. The number of carbonyl (C=O) groups is 2. The van der Waals surface area contributed by atoms with Crippen molar-refractivity contribution in [1.82, 2.24) is 10.6 Å². The highest BCUT2D eigenvalue weighted by Crippen LogP contribution is 2.31. The maximum absolute atomic E-state index is 12.4. The summed E-state index contributed by atoms with van der Waals surface area (Å²) in [5.74, 6) is 0.121. The highest BCUT2D eigenvalue weighted by molar-refractivity contribution is 6.33. The molecule has 0 aliphatic carbocycles. The molecule has 1 aromatic carbocycles. The van der Waals surface area contributed by atoms with Crippen molar-refractivity contribution in [2.45, 2.75) is 19.3 Å². The number of nitrogens with zero attached hydrogens (tertiary/aromatic N) is 1. The first kappa shape index (κ1) is 16.3. The molecule has 5 nitrogen and oxygen atoms in total. The second-order valence-electron chi connectivity index (χ2n) is 6.31. The molecular weight excluding hydrogens is 314 g/mol. The molecule has 3 rings (SSSR count). The van der Waals surface area contributed by atoms with Crippen molar-refractivity contribution < 1.29 is 9.59 Å². The van der Waals surface area contributed by atoms with Crippen molar-refractivity contribution in [2.24, 2.45) is 11.8 Å². The Hall–Kier alpha value is -1.59. The Morgan fingerprint density at radius 1 is 1.39 bits per heavy atom. The summed E-state index contributed by atoms with van der Waals surface area (Å²) in [5, 5.41) is 6.89. The number of amides is 2. The summed E-state index contributed by atoms with van der Waals surface area (Å²) in [6.45, 7) is 3.10. The topological polar surface area (TPSA) is 61.4 Å². The smallest absolute Gasteiger partial charge is 0.227 e. The molecule has 2 amide bonds. The standard InChI is InChI=1S/C17H22ClN3O2/c18-14-5-1-2-6-15(14)21-11-13(8-16(21)22)17(23)20-10-12-4-3-7-19-9-12/h1-2,5-6,12-13,19H,3-4,7-11H2,(H,20,23). The fraction of sp³-hybridized carbons (Fsp3) is 0.529. The van der Waals surface area contributed by atoms with Crippen molar-refractivity contribution >= 4 is 29.1 Å². The monoisotopic (exact) mass is 335 g/mol. The quantitative estimate of drug-likeness (QED) is 0.882. The lowest BCUT2D eigenvalue weighted by Gasteiger charge is -2.23. The normalized spacial score (nSPS) is 24.7. The highest BCUT2D eigenvalue weighted by atomic mass is 35.5. The molecule has 0 radical (unpaired) electrons. The molecule has 2 N–H and O–H groups in total. The zero-order valence-electron chi connectivity index (χ0n) is 13.1. The lowest BCUT2D eigenvalue weighted by Crippen LogP contribution is -2.40. The molecule has 2 aliphatic rings. The van der Waals surface area contributed by atoms with Gasteiger partial charge in [0.25, 0.3) is 0 Å². The Morgan fingerprint density at radius 3 is 2.96 bits per heavy atom. The van der Waals surface area contributed by atoms with Crippen LogP contribution in [0, 0.1) is 11.8 Å². The Labute approximate surface area is 141 Å². The third-order valence-electron chi connectivity index (χ3n) is 4.60. The van der Waals surface area contributed by atoms with Gasteiger partial charge in [0.1, 0.15) is 0 Å². The van der Waals surface area contributed by atoms with Crippen LogP contribution in [0.5, 0.6) is 0 Å². The van der Waals surface area contributed by atoms with Gasteiger partial charge < -0.3 is 15.5 Å². The molecule has 23 heavy (non-hydrogen) atoms. The van der Waals surface area contributed by atoms with E-state index in [9.17, 15) is 9.59 Å². The Bertz CT molecular complexity index is 587. The summed E-state index contributed by atoms with van der Waals surface area (Å²) in [6.07, 6.45) is 2.55. The minimum absolute atomic E-state index is 0.0292. The van der Waals surface area contributed by atoms with E-state index in [-0.39, 0.29) is 24.2 Å². The van der Waals surface area contributed by atoms with E-state index >= 15 is 0 Å². The predicted molar refractivity (Wildman–Crippen MR) is 90.5 cm³/mol. The van der Waals surface area contributed by atoms with E-state index in [0.29, 0.717) is 29.7 Å². The van der Waals surface area contributed by atoms with E-state index in [1.807, 2.05) is 18.2 Å². The number of anilines is 1. The third-order valence-corrected chi connectivity index (χ3v) is 4.92. The van der Waals surface area contributed by atoms with Crippen LogP contribution in [0.15, 0.2) is 24.3 Å². The maximum atomic E-state index is 12.4. The number of para-hydroxylation sites is 1. The van der Waals surface area contributed by atoms with E-state index in [1.165, 1.54) is 0 Å². The Kier molecular flexibility index (Phi) is 5.18. The van der Waals surface area contributed by atoms with Gasteiger partial charge in [-0.3, -0.25) is 9.59 Å². The molecule has 2 aliphatic heterocycles. The van der Waals surface area contributed by atoms with E-state index in [4.69, 9.17) is 11.6 Å². The van der Waals surface area contributed by atoms with E-state index in [0.717, 1.165) is 25.9 Å². The number of hydrogen-bond acceptors (Lipinski definition) is 3. The molecule has 2 fully saturated rings. The Balaban J connectivity index is 1.56. The lowest BCUT2D eigenvalue weighted by molar-refractivity contribution is -0.126. The van der Waals surface area contributed by atoms with Gasteiger partial charge in [0.2, 0.25) is 11.8 Å². The number of nitrogens with one attached hydrogen (secondary N) is 2. The minimum Gasteiger partial charge on any atom is -0.355 e. The summed E-state index contributed by atoms with van der Waals surface area (Å²) in [5.41, 5.74) is 0.686. The van der Waals surface area contributed by atoms with E-state index in [1.54, 1.807) is 11.0 Å². The van der Waals surface area contributed by atoms with Gasteiger partial charge in [-0.2, -0.15) is 0 Å². The predicted octanol–water partition coefficient (Wildman–Crippen LogP) is 1.81. The van der Waals surface area contributed by atoms with Gasteiger partial charge in [-0.25, -0.2) is 0 Å². The molecule has 0 bridgehead atoms. The van der Waals surface area contributed by atoms with Gasteiger partial charge in [-0.15, -0.1) is 0 Å². The molecule has 0 aromatic heterocycles. The molecule has 124 valence electrons.